The van der Waals surface area contributed by atoms with Gasteiger partial charge in [0.15, 0.2) is 0 Å². The molecule has 1 heterocycles. The molecule has 3 nitrogen and oxygen atoms in total. The van der Waals surface area contributed by atoms with Crippen LogP contribution in [0.15, 0.2) is 18.2 Å². The molecule has 0 radical (unpaired) electrons. The molecule has 1 saturated carbocycles. The Morgan fingerprint density at radius 3 is 2.72 bits per heavy atom. The van der Waals surface area contributed by atoms with Gasteiger partial charge in [-0.1, -0.05) is 12.1 Å². The molecule has 3 rings (SSSR count). The van der Waals surface area contributed by atoms with Gasteiger partial charge >= 0.3 is 5.97 Å². The molecule has 0 amide bonds. The standard InChI is InChI=1S/C15H17NO2/c1-9-10(2)16-13-7-11(3-4-12(9)13)15(5-6-15)8-14(17)18/h3-4,7,16H,5-6,8H2,1-2H3,(H,17,18). The van der Waals surface area contributed by atoms with Crippen LogP contribution in [0.2, 0.25) is 0 Å². The maximum absolute atomic E-state index is 10.9. The molecular formula is C15H17NO2. The topological polar surface area (TPSA) is 53.1 Å². The van der Waals surface area contributed by atoms with E-state index in [9.17, 15) is 4.79 Å². The summed E-state index contributed by atoms with van der Waals surface area (Å²) >= 11 is 0. The van der Waals surface area contributed by atoms with E-state index in [0.29, 0.717) is 0 Å². The number of aromatic amines is 1. The van der Waals surface area contributed by atoms with Gasteiger partial charge < -0.3 is 10.1 Å². The van der Waals surface area contributed by atoms with Gasteiger partial charge in [0, 0.05) is 22.0 Å². The van der Waals surface area contributed by atoms with E-state index in [-0.39, 0.29) is 11.8 Å². The fraction of sp³-hybridized carbons (Fsp3) is 0.400. The summed E-state index contributed by atoms with van der Waals surface area (Å²) < 4.78 is 0. The van der Waals surface area contributed by atoms with Crippen molar-refractivity contribution < 1.29 is 9.90 Å². The highest BCUT2D eigenvalue weighted by atomic mass is 16.4. The van der Waals surface area contributed by atoms with Crippen LogP contribution < -0.4 is 0 Å². The zero-order valence-electron chi connectivity index (χ0n) is 10.7. The van der Waals surface area contributed by atoms with E-state index in [0.717, 1.165) is 18.4 Å². The summed E-state index contributed by atoms with van der Waals surface area (Å²) in [5.41, 5.74) is 4.65. The molecular weight excluding hydrogens is 226 g/mol. The fourth-order valence-corrected chi connectivity index (χ4v) is 2.81. The first-order chi connectivity index (χ1) is 8.52. The minimum absolute atomic E-state index is 0.104. The number of hydrogen-bond acceptors (Lipinski definition) is 1. The zero-order valence-corrected chi connectivity index (χ0v) is 10.7. The smallest absolute Gasteiger partial charge is 0.304 e. The Balaban J connectivity index is 2.06. The monoisotopic (exact) mass is 243 g/mol. The largest absolute Gasteiger partial charge is 0.481 e. The number of carbonyl (C=O) groups is 1. The van der Waals surface area contributed by atoms with E-state index >= 15 is 0 Å². The molecule has 0 unspecified atom stereocenters. The molecule has 94 valence electrons. The van der Waals surface area contributed by atoms with E-state index < -0.39 is 5.97 Å². The Bertz CT molecular complexity index is 635. The number of aromatic nitrogens is 1. The van der Waals surface area contributed by atoms with E-state index in [1.807, 2.05) is 0 Å². The number of hydrogen-bond donors (Lipinski definition) is 2. The molecule has 0 atom stereocenters. The van der Waals surface area contributed by atoms with Gasteiger partial charge in [-0.2, -0.15) is 0 Å². The number of aliphatic carboxylic acids is 1. The van der Waals surface area contributed by atoms with Gasteiger partial charge in [-0.25, -0.2) is 0 Å². The lowest BCUT2D eigenvalue weighted by atomic mass is 9.91. The molecule has 0 saturated heterocycles. The van der Waals surface area contributed by atoms with Crippen LogP contribution in [0.4, 0.5) is 0 Å². The normalized spacial score (nSPS) is 17.0. The Morgan fingerprint density at radius 2 is 2.11 bits per heavy atom. The summed E-state index contributed by atoms with van der Waals surface area (Å²) in [6, 6.07) is 6.34. The van der Waals surface area contributed by atoms with Crippen molar-refractivity contribution in [2.45, 2.75) is 38.5 Å². The minimum atomic E-state index is -0.702. The van der Waals surface area contributed by atoms with Gasteiger partial charge in [0.25, 0.3) is 0 Å². The van der Waals surface area contributed by atoms with Crippen molar-refractivity contribution in [3.8, 4) is 0 Å². The van der Waals surface area contributed by atoms with E-state index in [4.69, 9.17) is 5.11 Å². The average Bonchev–Trinajstić information content (AvgIpc) is 3.02. The Morgan fingerprint density at radius 1 is 1.39 bits per heavy atom. The highest BCUT2D eigenvalue weighted by Gasteiger charge is 2.46. The summed E-state index contributed by atoms with van der Waals surface area (Å²) in [6.07, 6.45) is 2.23. The van der Waals surface area contributed by atoms with E-state index in [2.05, 4.69) is 37.0 Å². The van der Waals surface area contributed by atoms with Crippen molar-refractivity contribution in [1.29, 1.82) is 0 Å². The lowest BCUT2D eigenvalue weighted by Crippen LogP contribution is -2.12. The van der Waals surface area contributed by atoms with Crippen molar-refractivity contribution in [3.63, 3.8) is 0 Å². The Labute approximate surface area is 106 Å². The second-order valence-electron chi connectivity index (χ2n) is 5.49. The molecule has 1 aliphatic carbocycles. The van der Waals surface area contributed by atoms with Crippen LogP contribution in [-0.2, 0) is 10.2 Å². The van der Waals surface area contributed by atoms with Gasteiger partial charge in [-0.15, -0.1) is 0 Å². The third-order valence-corrected chi connectivity index (χ3v) is 4.26. The minimum Gasteiger partial charge on any atom is -0.481 e. The summed E-state index contributed by atoms with van der Waals surface area (Å²) in [4.78, 5) is 14.3. The first-order valence-corrected chi connectivity index (χ1v) is 6.33. The maximum atomic E-state index is 10.9. The SMILES string of the molecule is Cc1[nH]c2cc(C3(CC(=O)O)CC3)ccc2c1C. The molecule has 1 aliphatic rings. The van der Waals surface area contributed by atoms with Gasteiger partial charge in [-0.05, 0) is 43.9 Å². The molecule has 1 aromatic carbocycles. The number of rotatable bonds is 3. The maximum Gasteiger partial charge on any atom is 0.304 e. The van der Waals surface area contributed by atoms with Gasteiger partial charge in [0.2, 0.25) is 0 Å². The number of aryl methyl sites for hydroxylation is 2. The summed E-state index contributed by atoms with van der Waals surface area (Å²) in [6.45, 7) is 4.18. The molecule has 18 heavy (non-hydrogen) atoms. The van der Waals surface area contributed by atoms with Crippen LogP contribution in [0.5, 0.6) is 0 Å². The summed E-state index contributed by atoms with van der Waals surface area (Å²) in [5.74, 6) is -0.702. The van der Waals surface area contributed by atoms with Crippen molar-refractivity contribution >= 4 is 16.9 Å². The van der Waals surface area contributed by atoms with Crippen LogP contribution in [0.1, 0.15) is 36.1 Å². The molecule has 2 aromatic rings. The van der Waals surface area contributed by atoms with Crippen LogP contribution in [0.3, 0.4) is 0 Å². The highest BCUT2D eigenvalue weighted by molar-refractivity contribution is 5.85. The molecule has 3 heteroatoms. The third-order valence-electron chi connectivity index (χ3n) is 4.26. The van der Waals surface area contributed by atoms with E-state index in [1.54, 1.807) is 0 Å². The second kappa shape index (κ2) is 3.61. The number of carboxylic acids is 1. The van der Waals surface area contributed by atoms with Gasteiger partial charge in [-0.3, -0.25) is 4.79 Å². The Hall–Kier alpha value is -1.77. The Kier molecular flexibility index (Phi) is 2.27. The first-order valence-electron chi connectivity index (χ1n) is 6.33. The summed E-state index contributed by atoms with van der Waals surface area (Å²) in [7, 11) is 0. The van der Waals surface area contributed by atoms with Crippen LogP contribution >= 0.6 is 0 Å². The molecule has 1 aromatic heterocycles. The lowest BCUT2D eigenvalue weighted by Gasteiger charge is -2.13. The number of carboxylic acid groups (broad SMARTS) is 1. The van der Waals surface area contributed by atoms with Crippen LogP contribution in [0.25, 0.3) is 10.9 Å². The van der Waals surface area contributed by atoms with Crippen LogP contribution in [0, 0.1) is 13.8 Å². The first kappa shape index (κ1) is 11.3. The van der Waals surface area contributed by atoms with Crippen molar-refractivity contribution in [2.24, 2.45) is 0 Å². The number of nitrogens with one attached hydrogen (secondary N) is 1. The van der Waals surface area contributed by atoms with Crippen molar-refractivity contribution in [2.75, 3.05) is 0 Å². The van der Waals surface area contributed by atoms with Gasteiger partial charge in [0.1, 0.15) is 0 Å². The molecule has 0 spiro atoms. The van der Waals surface area contributed by atoms with Crippen molar-refractivity contribution in [1.82, 2.24) is 4.98 Å². The number of benzene rings is 1. The molecule has 0 aliphatic heterocycles. The highest BCUT2D eigenvalue weighted by Crippen LogP contribution is 2.51. The molecule has 0 bridgehead atoms. The van der Waals surface area contributed by atoms with E-state index in [1.165, 1.54) is 22.2 Å². The predicted octanol–water partition coefficient (Wildman–Crippen LogP) is 3.29. The summed E-state index contributed by atoms with van der Waals surface area (Å²) in [5, 5.41) is 10.2. The zero-order chi connectivity index (χ0) is 12.9. The molecule has 1 fully saturated rings. The fourth-order valence-electron chi connectivity index (χ4n) is 2.81. The number of H-pyrrole nitrogens is 1. The third kappa shape index (κ3) is 1.62. The van der Waals surface area contributed by atoms with Crippen molar-refractivity contribution in [3.05, 3.63) is 35.0 Å². The second-order valence-corrected chi connectivity index (χ2v) is 5.49. The predicted molar refractivity (Wildman–Crippen MR) is 70.9 cm³/mol. The quantitative estimate of drug-likeness (QED) is 0.869. The lowest BCUT2D eigenvalue weighted by molar-refractivity contribution is -0.137. The molecule has 2 N–H and O–H groups in total. The van der Waals surface area contributed by atoms with Gasteiger partial charge in [0.05, 0.1) is 6.42 Å². The average molecular weight is 243 g/mol. The number of fused-ring (bicyclic) bond motifs is 1. The van der Waals surface area contributed by atoms with Crippen LogP contribution in [-0.4, -0.2) is 16.1 Å².